The van der Waals surface area contributed by atoms with Crippen molar-refractivity contribution in [2.45, 2.75) is 17.5 Å². The van der Waals surface area contributed by atoms with Gasteiger partial charge in [-0.15, -0.1) is 0 Å². The molecule has 0 unspecified atom stereocenters. The van der Waals surface area contributed by atoms with E-state index in [1.807, 2.05) is 65.7 Å². The molecule has 7 heteroatoms. The standard InChI is InChI=1S/C34H25ClN2O4/c1-41-22-11-8-10-21(19-22)30(38)28-29(31(39)24-13-4-6-15-26(24)35)37-18-17-20-9-2-3-12-23(20)32(37)34(28)25-14-5-7-16-27(25)36-33(34)40/h2-19,28-29,32H,1H3,(H,36,40)/t28-,29+,32+,34-/m0/s1. The summed E-state index contributed by atoms with van der Waals surface area (Å²) >= 11 is 6.56. The highest BCUT2D eigenvalue weighted by molar-refractivity contribution is 6.34. The summed E-state index contributed by atoms with van der Waals surface area (Å²) in [5.41, 5.74) is 2.40. The van der Waals surface area contributed by atoms with Gasteiger partial charge >= 0.3 is 0 Å². The number of carbonyl (C=O) groups excluding carboxylic acids is 3. The summed E-state index contributed by atoms with van der Waals surface area (Å²) < 4.78 is 5.42. The largest absolute Gasteiger partial charge is 0.497 e. The van der Waals surface area contributed by atoms with E-state index in [2.05, 4.69) is 5.32 Å². The van der Waals surface area contributed by atoms with Crippen LogP contribution in [0.2, 0.25) is 5.02 Å². The second-order valence-electron chi connectivity index (χ2n) is 10.5. The number of Topliss-reactive ketones (excluding diaryl/α,β-unsaturated/α-hetero) is 2. The number of nitrogens with one attached hydrogen (secondary N) is 1. The van der Waals surface area contributed by atoms with E-state index in [0.29, 0.717) is 33.1 Å². The van der Waals surface area contributed by atoms with Gasteiger partial charge in [-0.05, 0) is 53.1 Å². The van der Waals surface area contributed by atoms with Crippen LogP contribution in [0.5, 0.6) is 5.75 Å². The van der Waals surface area contributed by atoms with Crippen molar-refractivity contribution in [3.63, 3.8) is 0 Å². The summed E-state index contributed by atoms with van der Waals surface area (Å²) in [7, 11) is 1.53. The number of hydrogen-bond acceptors (Lipinski definition) is 5. The minimum atomic E-state index is -1.40. The summed E-state index contributed by atoms with van der Waals surface area (Å²) in [4.78, 5) is 45.8. The van der Waals surface area contributed by atoms with Crippen LogP contribution in [0.4, 0.5) is 5.69 Å². The fraction of sp³-hybridized carbons (Fsp3) is 0.147. The van der Waals surface area contributed by atoms with Gasteiger partial charge in [0, 0.05) is 23.0 Å². The van der Waals surface area contributed by atoms with Gasteiger partial charge in [0.1, 0.15) is 17.2 Å². The average molecular weight is 561 g/mol. The van der Waals surface area contributed by atoms with Crippen LogP contribution in [0.15, 0.2) is 103 Å². The molecule has 1 saturated heterocycles. The number of carbonyl (C=O) groups is 3. The Labute approximate surface area is 242 Å². The molecular formula is C34H25ClN2O4. The molecule has 0 bridgehead atoms. The molecular weight excluding hydrogens is 536 g/mol. The molecule has 41 heavy (non-hydrogen) atoms. The molecule has 3 heterocycles. The molecule has 0 saturated carbocycles. The number of ether oxygens (including phenoxy) is 1. The second-order valence-corrected chi connectivity index (χ2v) is 10.9. The fourth-order valence-corrected chi connectivity index (χ4v) is 7.17. The molecule has 3 aliphatic heterocycles. The Hall–Kier alpha value is -4.68. The van der Waals surface area contributed by atoms with Crippen LogP contribution in [0.25, 0.3) is 6.08 Å². The van der Waals surface area contributed by atoms with E-state index in [-0.39, 0.29) is 17.5 Å². The van der Waals surface area contributed by atoms with Crippen molar-refractivity contribution in [2.24, 2.45) is 5.92 Å². The van der Waals surface area contributed by atoms with Gasteiger partial charge in [0.25, 0.3) is 0 Å². The van der Waals surface area contributed by atoms with Crippen LogP contribution in [0.1, 0.15) is 43.4 Å². The van der Waals surface area contributed by atoms with E-state index in [1.165, 1.54) is 7.11 Å². The molecule has 1 N–H and O–H groups in total. The summed E-state index contributed by atoms with van der Waals surface area (Å²) in [5, 5.41) is 3.35. The minimum absolute atomic E-state index is 0.292. The van der Waals surface area contributed by atoms with Crippen molar-refractivity contribution in [1.29, 1.82) is 0 Å². The molecule has 1 amide bonds. The molecule has 0 radical (unpaired) electrons. The second kappa shape index (κ2) is 9.46. The lowest BCUT2D eigenvalue weighted by Gasteiger charge is -2.38. The zero-order valence-electron chi connectivity index (χ0n) is 22.1. The van der Waals surface area contributed by atoms with Crippen molar-refractivity contribution in [1.82, 2.24) is 4.90 Å². The Kier molecular flexibility index (Phi) is 5.84. The Morgan fingerprint density at radius 2 is 1.66 bits per heavy atom. The van der Waals surface area contributed by atoms with Crippen molar-refractivity contribution >= 4 is 40.8 Å². The van der Waals surface area contributed by atoms with Crippen LogP contribution >= 0.6 is 11.6 Å². The normalized spacial score (nSPS) is 23.5. The lowest BCUT2D eigenvalue weighted by molar-refractivity contribution is -0.122. The van der Waals surface area contributed by atoms with Gasteiger partial charge in [-0.3, -0.25) is 14.4 Å². The molecule has 202 valence electrons. The molecule has 0 aromatic heterocycles. The van der Waals surface area contributed by atoms with Gasteiger partial charge in [-0.25, -0.2) is 0 Å². The molecule has 3 aliphatic rings. The molecule has 1 spiro atoms. The maximum atomic E-state index is 14.8. The number of fused-ring (bicyclic) bond motifs is 6. The van der Waals surface area contributed by atoms with Crippen LogP contribution in [0, 0.1) is 5.92 Å². The smallest absolute Gasteiger partial charge is 0.238 e. The number of ketones is 2. The maximum Gasteiger partial charge on any atom is 0.238 e. The Morgan fingerprint density at radius 3 is 2.49 bits per heavy atom. The SMILES string of the molecule is COc1cccc(C(=O)[C@@H]2[C@H](C(=O)c3ccccc3Cl)N3C=Cc4ccccc4[C@@H]3[C@@]23C(=O)Nc2ccccc23)c1. The van der Waals surface area contributed by atoms with E-state index in [0.717, 1.165) is 11.1 Å². The third kappa shape index (κ3) is 3.54. The van der Waals surface area contributed by atoms with Gasteiger partial charge in [-0.2, -0.15) is 0 Å². The number of benzene rings is 4. The monoisotopic (exact) mass is 560 g/mol. The van der Waals surface area contributed by atoms with E-state index >= 15 is 0 Å². The van der Waals surface area contributed by atoms with Crippen LogP contribution in [0.3, 0.4) is 0 Å². The molecule has 6 nitrogen and oxygen atoms in total. The van der Waals surface area contributed by atoms with Crippen LogP contribution in [-0.4, -0.2) is 35.5 Å². The summed E-state index contributed by atoms with van der Waals surface area (Å²) in [6.07, 6.45) is 3.78. The quantitative estimate of drug-likeness (QED) is 0.289. The number of methoxy groups -OCH3 is 1. The predicted molar refractivity (Wildman–Crippen MR) is 157 cm³/mol. The van der Waals surface area contributed by atoms with Crippen molar-refractivity contribution in [3.05, 3.63) is 136 Å². The highest BCUT2D eigenvalue weighted by Crippen LogP contribution is 2.62. The van der Waals surface area contributed by atoms with Crippen molar-refractivity contribution in [2.75, 3.05) is 12.4 Å². The molecule has 0 aliphatic carbocycles. The molecule has 7 rings (SSSR count). The van der Waals surface area contributed by atoms with Crippen molar-refractivity contribution in [3.8, 4) is 5.75 Å². The first-order chi connectivity index (χ1) is 20.0. The van der Waals surface area contributed by atoms with Gasteiger partial charge in [0.15, 0.2) is 11.6 Å². The lowest BCUT2D eigenvalue weighted by Crippen LogP contribution is -2.49. The third-order valence-electron chi connectivity index (χ3n) is 8.62. The van der Waals surface area contributed by atoms with Gasteiger partial charge < -0.3 is 15.0 Å². The molecule has 4 aromatic carbocycles. The van der Waals surface area contributed by atoms with Gasteiger partial charge in [0.05, 0.1) is 24.1 Å². The Balaban J connectivity index is 1.55. The Morgan fingerprint density at radius 1 is 0.902 bits per heavy atom. The first-order valence-corrected chi connectivity index (χ1v) is 13.8. The predicted octanol–water partition coefficient (Wildman–Crippen LogP) is 6.33. The number of rotatable bonds is 5. The van der Waals surface area contributed by atoms with Crippen LogP contribution in [-0.2, 0) is 10.2 Å². The van der Waals surface area contributed by atoms with E-state index in [4.69, 9.17) is 16.3 Å². The topological polar surface area (TPSA) is 75.7 Å². The Bertz CT molecular complexity index is 1780. The zero-order valence-corrected chi connectivity index (χ0v) is 22.8. The molecule has 1 fully saturated rings. The highest BCUT2D eigenvalue weighted by Gasteiger charge is 2.70. The fourth-order valence-electron chi connectivity index (χ4n) is 6.94. The lowest BCUT2D eigenvalue weighted by atomic mass is 9.62. The van der Waals surface area contributed by atoms with Crippen molar-refractivity contribution < 1.29 is 19.1 Å². The summed E-state index contributed by atoms with van der Waals surface area (Å²) in [5.74, 6) is -1.52. The van der Waals surface area contributed by atoms with Gasteiger partial charge in [-0.1, -0.05) is 78.3 Å². The first kappa shape index (κ1) is 25.3. The number of anilines is 1. The average Bonchev–Trinajstić information content (AvgIpc) is 3.49. The number of para-hydroxylation sites is 1. The summed E-state index contributed by atoms with van der Waals surface area (Å²) in [6, 6.07) is 27.3. The molecule has 4 aromatic rings. The molecule has 4 atom stereocenters. The number of nitrogens with zero attached hydrogens (tertiary/aromatic N) is 1. The summed E-state index contributed by atoms with van der Waals surface area (Å²) in [6.45, 7) is 0. The third-order valence-corrected chi connectivity index (χ3v) is 8.94. The van der Waals surface area contributed by atoms with E-state index < -0.39 is 23.4 Å². The maximum absolute atomic E-state index is 14.8. The minimum Gasteiger partial charge on any atom is -0.497 e. The number of halogens is 1. The highest BCUT2D eigenvalue weighted by atomic mass is 35.5. The number of amides is 1. The van der Waals surface area contributed by atoms with E-state index in [9.17, 15) is 14.4 Å². The first-order valence-electron chi connectivity index (χ1n) is 13.4. The van der Waals surface area contributed by atoms with Gasteiger partial charge in [0.2, 0.25) is 5.91 Å². The van der Waals surface area contributed by atoms with E-state index in [1.54, 1.807) is 48.5 Å². The number of hydrogen-bond donors (Lipinski definition) is 1. The zero-order chi connectivity index (χ0) is 28.3. The van der Waals surface area contributed by atoms with Crippen LogP contribution < -0.4 is 10.1 Å².